The third-order valence-corrected chi connectivity index (χ3v) is 5.10. The first-order valence-electron chi connectivity index (χ1n) is 7.06. The number of amides is 1. The summed E-state index contributed by atoms with van der Waals surface area (Å²) in [6.07, 6.45) is 1.59. The highest BCUT2D eigenvalue weighted by molar-refractivity contribution is 8.00. The lowest BCUT2D eigenvalue weighted by atomic mass is 10.2. The van der Waals surface area contributed by atoms with Crippen molar-refractivity contribution in [3.8, 4) is 11.3 Å². The van der Waals surface area contributed by atoms with Crippen LogP contribution in [-0.2, 0) is 11.8 Å². The zero-order valence-electron chi connectivity index (χ0n) is 12.9. The van der Waals surface area contributed by atoms with Gasteiger partial charge in [-0.05, 0) is 31.2 Å². The molecule has 0 saturated heterocycles. The zero-order chi connectivity index (χ0) is 17.1. The number of aryl methyl sites for hydroxylation is 1. The molecule has 0 radical (unpaired) electrons. The van der Waals surface area contributed by atoms with Crippen LogP contribution in [-0.4, -0.2) is 30.9 Å². The molecule has 1 aromatic carbocycles. The van der Waals surface area contributed by atoms with Crippen LogP contribution in [0.5, 0.6) is 0 Å². The van der Waals surface area contributed by atoms with E-state index in [-0.39, 0.29) is 17.0 Å². The second kappa shape index (κ2) is 7.10. The molecule has 0 saturated carbocycles. The number of carbonyl (C=O) groups excluding carboxylic acids is 1. The first-order valence-corrected chi connectivity index (χ1v) is 8.82. The molecule has 6 nitrogen and oxygen atoms in total. The number of rotatable bonds is 5. The fraction of sp³-hybridized carbons (Fsp3) is 0.200. The normalized spacial score (nSPS) is 12.1. The van der Waals surface area contributed by atoms with Crippen LogP contribution in [0.4, 0.5) is 9.52 Å². The van der Waals surface area contributed by atoms with Crippen molar-refractivity contribution in [1.82, 2.24) is 19.7 Å². The Balaban J connectivity index is 1.64. The standard InChI is InChI=1S/C15H14FN5OS2/c1-9(24-15-20-17-8-21(15)2)13(22)19-14-18-12(7-23-14)10-3-5-11(16)6-4-10/h3-9H,1-2H3,(H,18,19,22)/t9-/m1/s1. The SMILES string of the molecule is C[C@@H](Sc1nncn1C)C(=O)Nc1nc(-c2ccc(F)cc2)cs1. The second-order valence-corrected chi connectivity index (χ2v) is 7.18. The van der Waals surface area contributed by atoms with Gasteiger partial charge in [0.15, 0.2) is 10.3 Å². The third-order valence-electron chi connectivity index (χ3n) is 3.20. The molecule has 0 aliphatic rings. The molecule has 9 heteroatoms. The minimum absolute atomic E-state index is 0.164. The van der Waals surface area contributed by atoms with Crippen molar-refractivity contribution in [2.75, 3.05) is 5.32 Å². The molecular weight excluding hydrogens is 349 g/mol. The largest absolute Gasteiger partial charge is 0.312 e. The van der Waals surface area contributed by atoms with Crippen LogP contribution < -0.4 is 5.32 Å². The molecule has 2 aromatic heterocycles. The van der Waals surface area contributed by atoms with Crippen molar-refractivity contribution in [1.29, 1.82) is 0 Å². The van der Waals surface area contributed by atoms with Gasteiger partial charge < -0.3 is 9.88 Å². The number of thioether (sulfide) groups is 1. The van der Waals surface area contributed by atoms with E-state index >= 15 is 0 Å². The third kappa shape index (κ3) is 3.80. The number of nitrogens with one attached hydrogen (secondary N) is 1. The van der Waals surface area contributed by atoms with Crippen LogP contribution in [0, 0.1) is 5.82 Å². The molecule has 124 valence electrons. The molecule has 0 aliphatic heterocycles. The predicted molar refractivity (Wildman–Crippen MR) is 92.5 cm³/mol. The van der Waals surface area contributed by atoms with Gasteiger partial charge >= 0.3 is 0 Å². The van der Waals surface area contributed by atoms with E-state index in [0.717, 1.165) is 5.56 Å². The topological polar surface area (TPSA) is 72.7 Å². The molecule has 0 aliphatic carbocycles. The number of carbonyl (C=O) groups is 1. The van der Waals surface area contributed by atoms with E-state index in [1.54, 1.807) is 30.0 Å². The highest BCUT2D eigenvalue weighted by atomic mass is 32.2. The quantitative estimate of drug-likeness (QED) is 0.705. The van der Waals surface area contributed by atoms with Crippen LogP contribution in [0.25, 0.3) is 11.3 Å². The van der Waals surface area contributed by atoms with E-state index in [1.807, 2.05) is 12.4 Å². The minimum atomic E-state index is -0.342. The Bertz CT molecular complexity index is 846. The van der Waals surface area contributed by atoms with Crippen LogP contribution in [0.15, 0.2) is 41.1 Å². The average molecular weight is 363 g/mol. The lowest BCUT2D eigenvalue weighted by Gasteiger charge is -2.09. The van der Waals surface area contributed by atoms with Crippen molar-refractivity contribution in [2.45, 2.75) is 17.3 Å². The average Bonchev–Trinajstić information content (AvgIpc) is 3.18. The Morgan fingerprint density at radius 1 is 1.38 bits per heavy atom. The van der Waals surface area contributed by atoms with E-state index in [1.165, 1.54) is 35.2 Å². The summed E-state index contributed by atoms with van der Waals surface area (Å²) >= 11 is 2.65. The number of aromatic nitrogens is 4. The number of halogens is 1. The number of anilines is 1. The van der Waals surface area contributed by atoms with Gasteiger partial charge in [-0.25, -0.2) is 9.37 Å². The maximum Gasteiger partial charge on any atom is 0.239 e. The van der Waals surface area contributed by atoms with Crippen molar-refractivity contribution in [3.63, 3.8) is 0 Å². The maximum atomic E-state index is 13.0. The van der Waals surface area contributed by atoms with Crippen molar-refractivity contribution in [3.05, 3.63) is 41.8 Å². The molecule has 24 heavy (non-hydrogen) atoms. The van der Waals surface area contributed by atoms with Gasteiger partial charge in [-0.1, -0.05) is 11.8 Å². The summed E-state index contributed by atoms with van der Waals surface area (Å²) < 4.78 is 14.7. The lowest BCUT2D eigenvalue weighted by Crippen LogP contribution is -2.22. The Kier molecular flexibility index (Phi) is 4.91. The highest BCUT2D eigenvalue weighted by Crippen LogP contribution is 2.26. The summed E-state index contributed by atoms with van der Waals surface area (Å²) in [5, 5.41) is 13.2. The summed E-state index contributed by atoms with van der Waals surface area (Å²) in [6, 6.07) is 6.07. The number of nitrogens with zero attached hydrogens (tertiary/aromatic N) is 4. The molecule has 3 aromatic rings. The van der Waals surface area contributed by atoms with Crippen molar-refractivity contribution < 1.29 is 9.18 Å². The zero-order valence-corrected chi connectivity index (χ0v) is 14.6. The van der Waals surface area contributed by atoms with E-state index in [9.17, 15) is 9.18 Å². The van der Waals surface area contributed by atoms with Gasteiger partial charge in [0.05, 0.1) is 10.9 Å². The lowest BCUT2D eigenvalue weighted by molar-refractivity contribution is -0.115. The Hall–Kier alpha value is -2.26. The Morgan fingerprint density at radius 2 is 2.12 bits per heavy atom. The molecule has 0 fully saturated rings. The number of hydrogen-bond acceptors (Lipinski definition) is 6. The van der Waals surface area contributed by atoms with Crippen LogP contribution in [0.2, 0.25) is 0 Å². The van der Waals surface area contributed by atoms with Gasteiger partial charge in [-0.15, -0.1) is 21.5 Å². The van der Waals surface area contributed by atoms with Crippen LogP contribution in [0.1, 0.15) is 6.92 Å². The van der Waals surface area contributed by atoms with Gasteiger partial charge in [0.25, 0.3) is 0 Å². The molecule has 1 atom stereocenters. The Morgan fingerprint density at radius 3 is 2.79 bits per heavy atom. The summed E-state index contributed by atoms with van der Waals surface area (Å²) in [5.41, 5.74) is 1.50. The maximum absolute atomic E-state index is 13.0. The van der Waals surface area contributed by atoms with Gasteiger partial charge in [-0.3, -0.25) is 4.79 Å². The minimum Gasteiger partial charge on any atom is -0.312 e. The van der Waals surface area contributed by atoms with E-state index in [4.69, 9.17) is 0 Å². The molecule has 1 amide bonds. The van der Waals surface area contributed by atoms with E-state index in [2.05, 4.69) is 20.5 Å². The van der Waals surface area contributed by atoms with Crippen molar-refractivity contribution in [2.24, 2.45) is 7.05 Å². The molecule has 0 spiro atoms. The number of benzene rings is 1. The number of thiazole rings is 1. The monoisotopic (exact) mass is 363 g/mol. The summed E-state index contributed by atoms with van der Waals surface area (Å²) in [7, 11) is 1.82. The summed E-state index contributed by atoms with van der Waals surface area (Å²) in [6.45, 7) is 1.79. The number of hydrogen-bond donors (Lipinski definition) is 1. The Labute approximate surface area is 146 Å². The van der Waals surface area contributed by atoms with Crippen molar-refractivity contribution >= 4 is 34.1 Å². The second-order valence-electron chi connectivity index (χ2n) is 5.02. The molecule has 0 bridgehead atoms. The molecule has 1 N–H and O–H groups in total. The molecule has 0 unspecified atom stereocenters. The van der Waals surface area contributed by atoms with Crippen LogP contribution >= 0.6 is 23.1 Å². The van der Waals surface area contributed by atoms with Gasteiger partial charge in [0, 0.05) is 18.0 Å². The first kappa shape index (κ1) is 16.6. The van der Waals surface area contributed by atoms with Gasteiger partial charge in [0.1, 0.15) is 12.1 Å². The highest BCUT2D eigenvalue weighted by Gasteiger charge is 2.18. The summed E-state index contributed by atoms with van der Waals surface area (Å²) in [5.74, 6) is -0.458. The fourth-order valence-corrected chi connectivity index (χ4v) is 3.39. The van der Waals surface area contributed by atoms with E-state index in [0.29, 0.717) is 16.0 Å². The molecule has 3 rings (SSSR count). The first-order chi connectivity index (χ1) is 11.5. The molecular formula is C15H14FN5OS2. The summed E-state index contributed by atoms with van der Waals surface area (Å²) in [4.78, 5) is 16.6. The van der Waals surface area contributed by atoms with Gasteiger partial charge in [-0.2, -0.15) is 0 Å². The van der Waals surface area contributed by atoms with E-state index < -0.39 is 0 Å². The smallest absolute Gasteiger partial charge is 0.239 e. The predicted octanol–water partition coefficient (Wildman–Crippen LogP) is 3.20. The van der Waals surface area contributed by atoms with Crippen LogP contribution in [0.3, 0.4) is 0 Å². The molecule has 2 heterocycles. The van der Waals surface area contributed by atoms with Gasteiger partial charge in [0.2, 0.25) is 5.91 Å². The fourth-order valence-electron chi connectivity index (χ4n) is 1.88.